The maximum absolute atomic E-state index is 4.40. The highest BCUT2D eigenvalue weighted by Gasteiger charge is 1.98. The van der Waals surface area contributed by atoms with Crippen LogP contribution in [0.25, 0.3) is 0 Å². The number of hydrogen-bond acceptors (Lipinski definition) is 2. The Morgan fingerprint density at radius 1 is 1.45 bits per heavy atom. The zero-order valence-corrected chi connectivity index (χ0v) is 7.31. The van der Waals surface area contributed by atoms with E-state index in [1.807, 2.05) is 20.0 Å². The van der Waals surface area contributed by atoms with E-state index in [0.717, 1.165) is 23.5 Å². The van der Waals surface area contributed by atoms with Crippen LogP contribution in [0.5, 0.6) is 0 Å². The van der Waals surface area contributed by atoms with Gasteiger partial charge in [-0.25, -0.2) is 0 Å². The first-order valence-electron chi connectivity index (χ1n) is 3.92. The van der Waals surface area contributed by atoms with Crippen molar-refractivity contribution < 1.29 is 0 Å². The Balaban J connectivity index is 3.06. The second kappa shape index (κ2) is 3.37. The van der Waals surface area contributed by atoms with Crippen LogP contribution in [0, 0.1) is 6.92 Å². The smallest absolute Gasteiger partial charge is 0.0634 e. The average molecular weight is 150 g/mol. The van der Waals surface area contributed by atoms with Gasteiger partial charge in [0, 0.05) is 12.7 Å². The van der Waals surface area contributed by atoms with Gasteiger partial charge < -0.3 is 5.32 Å². The van der Waals surface area contributed by atoms with Crippen molar-refractivity contribution in [1.82, 2.24) is 4.98 Å². The summed E-state index contributed by atoms with van der Waals surface area (Å²) in [4.78, 5) is 4.40. The molecule has 0 atom stereocenters. The van der Waals surface area contributed by atoms with Crippen LogP contribution >= 0.6 is 0 Å². The van der Waals surface area contributed by atoms with Gasteiger partial charge in [0.25, 0.3) is 0 Å². The van der Waals surface area contributed by atoms with Crippen molar-refractivity contribution in [3.05, 3.63) is 23.5 Å². The lowest BCUT2D eigenvalue weighted by molar-refractivity contribution is 1.01. The first-order chi connectivity index (χ1) is 5.27. The molecule has 0 bridgehead atoms. The lowest BCUT2D eigenvalue weighted by atomic mass is 10.2. The van der Waals surface area contributed by atoms with Gasteiger partial charge in [-0.05, 0) is 25.5 Å². The highest BCUT2D eigenvalue weighted by Crippen LogP contribution is 2.12. The van der Waals surface area contributed by atoms with E-state index < -0.39 is 0 Å². The normalized spacial score (nSPS) is 9.73. The van der Waals surface area contributed by atoms with Gasteiger partial charge in [-0.1, -0.05) is 6.92 Å². The quantitative estimate of drug-likeness (QED) is 0.697. The fraction of sp³-hybridized carbons (Fsp3) is 0.444. The molecule has 1 heterocycles. The summed E-state index contributed by atoms with van der Waals surface area (Å²) in [7, 11) is 1.92. The topological polar surface area (TPSA) is 24.9 Å². The molecule has 0 unspecified atom stereocenters. The fourth-order valence-electron chi connectivity index (χ4n) is 1.11. The maximum Gasteiger partial charge on any atom is 0.0634 e. The molecule has 60 valence electrons. The maximum atomic E-state index is 4.40. The van der Waals surface area contributed by atoms with Crippen molar-refractivity contribution in [1.29, 1.82) is 0 Å². The van der Waals surface area contributed by atoms with Gasteiger partial charge in [-0.15, -0.1) is 0 Å². The van der Waals surface area contributed by atoms with Crippen molar-refractivity contribution in [2.45, 2.75) is 20.3 Å². The number of pyridine rings is 1. The Hall–Kier alpha value is -1.05. The van der Waals surface area contributed by atoms with Crippen LogP contribution in [-0.2, 0) is 6.42 Å². The summed E-state index contributed by atoms with van der Waals surface area (Å²) >= 11 is 0. The van der Waals surface area contributed by atoms with Crippen molar-refractivity contribution in [3.8, 4) is 0 Å². The monoisotopic (exact) mass is 150 g/mol. The van der Waals surface area contributed by atoms with Crippen LogP contribution in [0.2, 0.25) is 0 Å². The average Bonchev–Trinajstić information content (AvgIpc) is 2.04. The predicted octanol–water partition coefficient (Wildman–Crippen LogP) is 1.99. The molecule has 1 aromatic heterocycles. The van der Waals surface area contributed by atoms with Gasteiger partial charge in [0.1, 0.15) is 0 Å². The van der Waals surface area contributed by atoms with Crippen LogP contribution in [0.4, 0.5) is 5.69 Å². The third-order valence-electron chi connectivity index (χ3n) is 1.72. The van der Waals surface area contributed by atoms with Gasteiger partial charge in [-0.2, -0.15) is 0 Å². The summed E-state index contributed by atoms with van der Waals surface area (Å²) < 4.78 is 0. The van der Waals surface area contributed by atoms with E-state index in [2.05, 4.69) is 23.3 Å². The zero-order valence-electron chi connectivity index (χ0n) is 7.31. The fourth-order valence-corrected chi connectivity index (χ4v) is 1.11. The summed E-state index contributed by atoms with van der Waals surface area (Å²) in [5, 5.41) is 3.11. The predicted molar refractivity (Wildman–Crippen MR) is 47.9 cm³/mol. The van der Waals surface area contributed by atoms with Crippen LogP contribution in [0.15, 0.2) is 12.1 Å². The Kier molecular flexibility index (Phi) is 2.47. The summed E-state index contributed by atoms with van der Waals surface area (Å²) in [5.74, 6) is 0. The second-order valence-corrected chi connectivity index (χ2v) is 2.55. The SMILES string of the molecule is CCc1nc(C)ccc1NC. The first-order valence-corrected chi connectivity index (χ1v) is 3.92. The Morgan fingerprint density at radius 3 is 2.73 bits per heavy atom. The van der Waals surface area contributed by atoms with E-state index in [1.165, 1.54) is 0 Å². The lowest BCUT2D eigenvalue weighted by Gasteiger charge is -2.05. The van der Waals surface area contributed by atoms with Gasteiger partial charge in [0.15, 0.2) is 0 Å². The highest BCUT2D eigenvalue weighted by atomic mass is 14.9. The van der Waals surface area contributed by atoms with Crippen molar-refractivity contribution in [3.63, 3.8) is 0 Å². The van der Waals surface area contributed by atoms with Crippen LogP contribution < -0.4 is 5.32 Å². The van der Waals surface area contributed by atoms with E-state index in [4.69, 9.17) is 0 Å². The molecule has 0 amide bonds. The molecule has 1 rings (SSSR count). The largest absolute Gasteiger partial charge is 0.387 e. The summed E-state index contributed by atoms with van der Waals surface area (Å²) in [6.45, 7) is 4.13. The number of aryl methyl sites for hydroxylation is 2. The summed E-state index contributed by atoms with van der Waals surface area (Å²) in [5.41, 5.74) is 3.37. The van der Waals surface area contributed by atoms with Gasteiger partial charge >= 0.3 is 0 Å². The minimum atomic E-state index is 0.984. The molecule has 1 aromatic rings. The van der Waals surface area contributed by atoms with Gasteiger partial charge in [-0.3, -0.25) is 4.98 Å². The third-order valence-corrected chi connectivity index (χ3v) is 1.72. The van der Waals surface area contributed by atoms with Crippen LogP contribution in [0.1, 0.15) is 18.3 Å². The number of nitrogens with one attached hydrogen (secondary N) is 1. The molecule has 0 aliphatic heterocycles. The number of aromatic nitrogens is 1. The van der Waals surface area contributed by atoms with Gasteiger partial charge in [0.05, 0.1) is 11.4 Å². The highest BCUT2D eigenvalue weighted by molar-refractivity contribution is 5.47. The molecule has 0 aliphatic carbocycles. The molecule has 0 spiro atoms. The number of rotatable bonds is 2. The summed E-state index contributed by atoms with van der Waals surface area (Å²) in [6, 6.07) is 4.09. The first kappa shape index (κ1) is 8.05. The Bertz CT molecular complexity index is 243. The van der Waals surface area contributed by atoms with Crippen LogP contribution in [-0.4, -0.2) is 12.0 Å². The lowest BCUT2D eigenvalue weighted by Crippen LogP contribution is -1.98. The number of hydrogen-bond donors (Lipinski definition) is 1. The molecule has 2 heteroatoms. The molecule has 0 saturated heterocycles. The standard InChI is InChI=1S/C9H14N2/c1-4-8-9(10-3)6-5-7(2)11-8/h5-6,10H,4H2,1-3H3. The molecule has 0 aliphatic rings. The van der Waals surface area contributed by atoms with E-state index in [1.54, 1.807) is 0 Å². The Morgan fingerprint density at radius 2 is 2.18 bits per heavy atom. The Labute approximate surface area is 67.7 Å². The van der Waals surface area contributed by atoms with Crippen molar-refractivity contribution in [2.24, 2.45) is 0 Å². The van der Waals surface area contributed by atoms with Crippen LogP contribution in [0.3, 0.4) is 0 Å². The van der Waals surface area contributed by atoms with E-state index >= 15 is 0 Å². The van der Waals surface area contributed by atoms with Crippen molar-refractivity contribution in [2.75, 3.05) is 12.4 Å². The third kappa shape index (κ3) is 1.70. The van der Waals surface area contributed by atoms with Crippen molar-refractivity contribution >= 4 is 5.69 Å². The molecule has 1 N–H and O–H groups in total. The molecular formula is C9H14N2. The molecule has 0 radical (unpaired) electrons. The molecule has 0 fully saturated rings. The molecule has 2 nitrogen and oxygen atoms in total. The number of nitrogens with zero attached hydrogens (tertiary/aromatic N) is 1. The second-order valence-electron chi connectivity index (χ2n) is 2.55. The zero-order chi connectivity index (χ0) is 8.27. The molecule has 11 heavy (non-hydrogen) atoms. The van der Waals surface area contributed by atoms with E-state index in [0.29, 0.717) is 0 Å². The van der Waals surface area contributed by atoms with E-state index in [-0.39, 0.29) is 0 Å². The summed E-state index contributed by atoms with van der Waals surface area (Å²) in [6.07, 6.45) is 0.984. The van der Waals surface area contributed by atoms with Gasteiger partial charge in [0.2, 0.25) is 0 Å². The molecular weight excluding hydrogens is 136 g/mol. The molecule has 0 saturated carbocycles. The van der Waals surface area contributed by atoms with E-state index in [9.17, 15) is 0 Å². The number of anilines is 1. The minimum absolute atomic E-state index is 0.984. The molecule has 0 aromatic carbocycles. The minimum Gasteiger partial charge on any atom is -0.387 e.